The number of hydrogen-bond donors (Lipinski definition) is 7. The van der Waals surface area contributed by atoms with Crippen molar-refractivity contribution in [2.45, 2.75) is 63.7 Å². The van der Waals surface area contributed by atoms with E-state index in [1.54, 1.807) is 20.1 Å². The molecule has 4 unspecified atom stereocenters. The van der Waals surface area contributed by atoms with Gasteiger partial charge < -0.3 is 38.3 Å². The van der Waals surface area contributed by atoms with Crippen molar-refractivity contribution in [3.8, 4) is 0 Å². The summed E-state index contributed by atoms with van der Waals surface area (Å²) in [6.07, 6.45) is 1.04. The van der Waals surface area contributed by atoms with Gasteiger partial charge >= 0.3 is 5.97 Å². The maximum absolute atomic E-state index is 12.8. The van der Waals surface area contributed by atoms with Gasteiger partial charge in [0.15, 0.2) is 0 Å². The number of carboxylic acids is 1. The number of carbonyl (C=O) groups is 6. The number of aliphatic carboxylic acids is 1. The lowest BCUT2D eigenvalue weighted by Crippen LogP contribution is -2.58. The zero-order valence-corrected chi connectivity index (χ0v) is 19.8. The summed E-state index contributed by atoms with van der Waals surface area (Å²) >= 11 is 1.39. The lowest BCUT2D eigenvalue weighted by atomic mass is 10.0. The molecule has 0 saturated heterocycles. The van der Waals surface area contributed by atoms with Crippen LogP contribution >= 0.6 is 11.8 Å². The molecule has 5 amide bonds. The highest BCUT2D eigenvalue weighted by molar-refractivity contribution is 7.98. The smallest absolute Gasteiger partial charge is 0.326 e. The molecule has 33 heavy (non-hydrogen) atoms. The fraction of sp³-hybridized carbons (Fsp3) is 0.684. The van der Waals surface area contributed by atoms with E-state index in [-0.39, 0.29) is 18.8 Å². The summed E-state index contributed by atoms with van der Waals surface area (Å²) in [7, 11) is 0. The van der Waals surface area contributed by atoms with Crippen LogP contribution in [0, 0.1) is 5.92 Å². The molecule has 0 aromatic carbocycles. The van der Waals surface area contributed by atoms with Crippen molar-refractivity contribution in [3.63, 3.8) is 0 Å². The summed E-state index contributed by atoms with van der Waals surface area (Å²) in [5.41, 5.74) is 15.8. The largest absolute Gasteiger partial charge is 0.480 e. The summed E-state index contributed by atoms with van der Waals surface area (Å²) in [5, 5.41) is 16.4. The van der Waals surface area contributed by atoms with Gasteiger partial charge in [-0.3, -0.25) is 24.0 Å². The van der Waals surface area contributed by atoms with Crippen LogP contribution in [-0.4, -0.2) is 76.8 Å². The highest BCUT2D eigenvalue weighted by Crippen LogP contribution is 2.07. The number of amides is 5. The minimum atomic E-state index is -1.46. The summed E-state index contributed by atoms with van der Waals surface area (Å²) in [4.78, 5) is 71.5. The summed E-state index contributed by atoms with van der Waals surface area (Å²) < 4.78 is 0. The van der Waals surface area contributed by atoms with E-state index in [2.05, 4.69) is 16.0 Å². The van der Waals surface area contributed by atoms with Crippen LogP contribution in [0.1, 0.15) is 39.5 Å². The number of hydrogen-bond acceptors (Lipinski definition) is 8. The van der Waals surface area contributed by atoms with Crippen molar-refractivity contribution in [2.75, 3.05) is 12.0 Å². The first-order chi connectivity index (χ1) is 15.3. The van der Waals surface area contributed by atoms with Gasteiger partial charge in [-0.25, -0.2) is 4.79 Å². The molecule has 0 heterocycles. The second-order valence-electron chi connectivity index (χ2n) is 7.88. The van der Waals surface area contributed by atoms with E-state index in [0.717, 1.165) is 0 Å². The topological polar surface area (TPSA) is 237 Å². The Hall–Kier alpha value is -2.87. The zero-order valence-electron chi connectivity index (χ0n) is 19.0. The zero-order chi connectivity index (χ0) is 25.7. The number of nitrogens with one attached hydrogen (secondary N) is 3. The van der Waals surface area contributed by atoms with E-state index in [9.17, 15) is 33.9 Å². The first-order valence-electron chi connectivity index (χ1n) is 10.2. The van der Waals surface area contributed by atoms with Crippen molar-refractivity contribution in [1.29, 1.82) is 0 Å². The minimum absolute atomic E-state index is 0.0497. The quantitative estimate of drug-likeness (QED) is 0.120. The molecule has 0 rings (SSSR count). The average Bonchev–Trinajstić information content (AvgIpc) is 2.68. The van der Waals surface area contributed by atoms with Crippen molar-refractivity contribution in [1.82, 2.24) is 16.0 Å². The molecule has 0 bridgehead atoms. The fourth-order valence-corrected chi connectivity index (χ4v) is 3.21. The van der Waals surface area contributed by atoms with Crippen LogP contribution in [0.3, 0.4) is 0 Å². The monoisotopic (exact) mass is 490 g/mol. The molecule has 14 heteroatoms. The maximum Gasteiger partial charge on any atom is 0.326 e. The first kappa shape index (κ1) is 30.1. The number of carbonyl (C=O) groups excluding carboxylic acids is 5. The molecular weight excluding hydrogens is 456 g/mol. The van der Waals surface area contributed by atoms with E-state index >= 15 is 0 Å². The molecule has 0 aromatic rings. The Morgan fingerprint density at radius 3 is 1.76 bits per heavy atom. The normalized spacial score (nSPS) is 14.5. The minimum Gasteiger partial charge on any atom is -0.480 e. The van der Waals surface area contributed by atoms with Crippen molar-refractivity contribution < 1.29 is 33.9 Å². The van der Waals surface area contributed by atoms with Crippen molar-refractivity contribution in [3.05, 3.63) is 0 Å². The molecule has 0 radical (unpaired) electrons. The summed E-state index contributed by atoms with van der Waals surface area (Å²) in [5.74, 6) is -5.08. The van der Waals surface area contributed by atoms with Crippen LogP contribution < -0.4 is 33.2 Å². The van der Waals surface area contributed by atoms with Gasteiger partial charge in [0.1, 0.15) is 18.1 Å². The Morgan fingerprint density at radius 1 is 0.818 bits per heavy atom. The molecule has 0 saturated carbocycles. The fourth-order valence-electron chi connectivity index (χ4n) is 2.74. The first-order valence-corrected chi connectivity index (χ1v) is 11.6. The Bertz CT molecular complexity index is 733. The SMILES string of the molecule is CSCCC(NC(=O)C(N)CC(N)=O)C(=O)NC(CC(N)=O)C(=O)NC(CC(C)C)C(=O)O. The molecule has 4 atom stereocenters. The molecule has 13 nitrogen and oxygen atoms in total. The van der Waals surface area contributed by atoms with E-state index < -0.39 is 72.5 Å². The summed E-state index contributed by atoms with van der Waals surface area (Å²) in [6.45, 7) is 3.54. The van der Waals surface area contributed by atoms with Gasteiger partial charge in [-0.15, -0.1) is 0 Å². The van der Waals surface area contributed by atoms with E-state index in [1.807, 2.05) is 0 Å². The van der Waals surface area contributed by atoms with Crippen molar-refractivity contribution in [2.24, 2.45) is 23.1 Å². The second-order valence-corrected chi connectivity index (χ2v) is 8.87. The van der Waals surface area contributed by atoms with Gasteiger partial charge in [0.25, 0.3) is 0 Å². The van der Waals surface area contributed by atoms with Crippen LogP contribution in [0.2, 0.25) is 0 Å². The predicted octanol–water partition coefficient (Wildman–Crippen LogP) is -2.60. The Labute approximate surface area is 196 Å². The van der Waals surface area contributed by atoms with Crippen LogP contribution in [-0.2, 0) is 28.8 Å². The molecule has 0 aliphatic carbocycles. The molecule has 188 valence electrons. The number of thioether (sulfide) groups is 1. The van der Waals surface area contributed by atoms with Gasteiger partial charge in [-0.2, -0.15) is 11.8 Å². The second kappa shape index (κ2) is 15.1. The highest BCUT2D eigenvalue weighted by Gasteiger charge is 2.31. The molecule has 0 fully saturated rings. The Morgan fingerprint density at radius 2 is 1.30 bits per heavy atom. The molecule has 0 aromatic heterocycles. The van der Waals surface area contributed by atoms with Crippen LogP contribution in [0.25, 0.3) is 0 Å². The van der Waals surface area contributed by atoms with Crippen LogP contribution in [0.4, 0.5) is 0 Å². The van der Waals surface area contributed by atoms with E-state index in [1.165, 1.54) is 11.8 Å². The molecular formula is C19H34N6O7S. The molecule has 0 spiro atoms. The third-order valence-electron chi connectivity index (χ3n) is 4.36. The van der Waals surface area contributed by atoms with Gasteiger partial charge in [-0.05, 0) is 30.8 Å². The third-order valence-corrected chi connectivity index (χ3v) is 5.01. The molecule has 0 aliphatic heterocycles. The van der Waals surface area contributed by atoms with Gasteiger partial charge in [-0.1, -0.05) is 13.8 Å². The number of nitrogens with two attached hydrogens (primary N) is 3. The maximum atomic E-state index is 12.8. The number of carboxylic acid groups (broad SMARTS) is 1. The summed E-state index contributed by atoms with van der Waals surface area (Å²) in [6, 6.07) is -5.11. The highest BCUT2D eigenvalue weighted by atomic mass is 32.2. The van der Waals surface area contributed by atoms with Crippen molar-refractivity contribution >= 4 is 47.3 Å². The predicted molar refractivity (Wildman–Crippen MR) is 121 cm³/mol. The molecule has 10 N–H and O–H groups in total. The van der Waals surface area contributed by atoms with E-state index in [4.69, 9.17) is 17.2 Å². The van der Waals surface area contributed by atoms with Gasteiger partial charge in [0.05, 0.1) is 18.9 Å². The molecule has 0 aliphatic rings. The average molecular weight is 491 g/mol. The van der Waals surface area contributed by atoms with Crippen LogP contribution in [0.15, 0.2) is 0 Å². The number of primary amides is 2. The standard InChI is InChI=1S/C19H34N6O7S/c1-9(2)6-13(19(31)32)25-18(30)12(8-15(22)27)24-17(29)11(4-5-33-3)23-16(28)10(20)7-14(21)26/h9-13H,4-8,20H2,1-3H3,(H2,21,26)(H2,22,27)(H,23,28)(H,24,29)(H,25,30)(H,31,32). The lowest BCUT2D eigenvalue weighted by molar-refractivity contribution is -0.143. The van der Waals surface area contributed by atoms with Gasteiger partial charge in [0, 0.05) is 0 Å². The Balaban J connectivity index is 5.49. The van der Waals surface area contributed by atoms with Gasteiger partial charge in [0.2, 0.25) is 29.5 Å². The number of rotatable bonds is 16. The Kier molecular flexibility index (Phi) is 13.7. The van der Waals surface area contributed by atoms with Crippen LogP contribution in [0.5, 0.6) is 0 Å². The third kappa shape index (κ3) is 12.7. The van der Waals surface area contributed by atoms with E-state index in [0.29, 0.717) is 5.75 Å². The lowest BCUT2D eigenvalue weighted by Gasteiger charge is -2.25.